The molecule has 1 saturated heterocycles. The quantitative estimate of drug-likeness (QED) is 0.354. The third-order valence-electron chi connectivity index (χ3n) is 7.00. The van der Waals surface area contributed by atoms with Crippen molar-refractivity contribution >= 4 is 23.5 Å². The van der Waals surface area contributed by atoms with Crippen molar-refractivity contribution in [3.05, 3.63) is 33.9 Å². The Labute approximate surface area is 219 Å². The maximum atomic E-state index is 13.4. The van der Waals surface area contributed by atoms with E-state index in [-0.39, 0.29) is 42.0 Å². The summed E-state index contributed by atoms with van der Waals surface area (Å²) < 4.78 is 56.0. The Bertz CT molecular complexity index is 1110. The van der Waals surface area contributed by atoms with Gasteiger partial charge in [0.25, 0.3) is 0 Å². The number of esters is 1. The molecule has 0 aliphatic carbocycles. The monoisotopic (exact) mass is 542 g/mol. The third-order valence-corrected chi connectivity index (χ3v) is 7.00. The molecule has 1 amide bonds. The number of halogens is 3. The maximum absolute atomic E-state index is 13.4. The zero-order chi connectivity index (χ0) is 28.2. The summed E-state index contributed by atoms with van der Waals surface area (Å²) in [6.07, 6.45) is -2.79. The minimum absolute atomic E-state index is 0.0109. The van der Waals surface area contributed by atoms with Gasteiger partial charge in [0.05, 0.1) is 37.5 Å². The molecule has 0 spiro atoms. The lowest BCUT2D eigenvalue weighted by molar-refractivity contribution is -0.170. The third kappa shape index (κ3) is 6.47. The number of cyclic esters (lactones) is 1. The van der Waals surface area contributed by atoms with Crippen LogP contribution in [-0.4, -0.2) is 81.0 Å². The smallest absolute Gasteiger partial charge is 0.471 e. The second-order valence-electron chi connectivity index (χ2n) is 9.51. The highest BCUT2D eigenvalue weighted by Gasteiger charge is 2.44. The Morgan fingerprint density at radius 2 is 1.92 bits per heavy atom. The van der Waals surface area contributed by atoms with Crippen molar-refractivity contribution in [1.82, 2.24) is 4.90 Å². The Morgan fingerprint density at radius 1 is 1.26 bits per heavy atom. The van der Waals surface area contributed by atoms with Crippen LogP contribution in [0.25, 0.3) is 0 Å². The van der Waals surface area contributed by atoms with Crippen LogP contribution in [0.1, 0.15) is 46.8 Å². The van der Waals surface area contributed by atoms with Crippen LogP contribution in [0.4, 0.5) is 18.9 Å². The molecular formula is C26H33F3N2O7. The molecule has 1 N–H and O–H groups in total. The number of methoxy groups -OCH3 is 1. The first-order valence-electron chi connectivity index (χ1n) is 12.3. The number of anilines is 1. The summed E-state index contributed by atoms with van der Waals surface area (Å²) in [7, 11) is 2.31. The van der Waals surface area contributed by atoms with Gasteiger partial charge in [-0.05, 0) is 45.2 Å². The summed E-state index contributed by atoms with van der Waals surface area (Å²) in [5.41, 5.74) is 1.49. The number of hydrogen-bond donors (Lipinski definition) is 1. The van der Waals surface area contributed by atoms with Gasteiger partial charge in [0.2, 0.25) is 0 Å². The number of benzene rings is 1. The van der Waals surface area contributed by atoms with Gasteiger partial charge in [0, 0.05) is 31.3 Å². The number of carboxylic acids is 1. The number of carboxylic acid groups (broad SMARTS) is 1. The standard InChI is InChI=1S/C26H33F3N2O7/c1-15(13-17(23(32)33)7-8-31-9-11-37-12-10-31)5-6-18-21(30(3)25(35)26(27,28)29)20-19(14-38-24(20)34)16(2)22(18)36-4/h5,17H,6-14H2,1-4H3,(H,32,33)/b15-5+. The lowest BCUT2D eigenvalue weighted by Gasteiger charge is -2.27. The van der Waals surface area contributed by atoms with Crippen LogP contribution in [0.15, 0.2) is 11.6 Å². The average molecular weight is 543 g/mol. The molecule has 210 valence electrons. The first-order chi connectivity index (χ1) is 17.9. The SMILES string of the molecule is COc1c(C)c2c(c(N(C)C(=O)C(F)(F)F)c1C/C=C(\C)CC(CCN1CCOCC1)C(=O)O)C(=O)OC2. The van der Waals surface area contributed by atoms with Crippen molar-refractivity contribution in [1.29, 1.82) is 0 Å². The second kappa shape index (κ2) is 12.2. The Morgan fingerprint density at radius 3 is 2.50 bits per heavy atom. The number of ether oxygens (including phenoxy) is 3. The summed E-state index contributed by atoms with van der Waals surface area (Å²) in [5.74, 6) is -4.30. The van der Waals surface area contributed by atoms with Crippen LogP contribution < -0.4 is 9.64 Å². The Hall–Kier alpha value is -3.12. The molecule has 1 unspecified atom stereocenters. The second-order valence-corrected chi connectivity index (χ2v) is 9.51. The van der Waals surface area contributed by atoms with Gasteiger partial charge in [-0.2, -0.15) is 13.2 Å². The number of carbonyl (C=O) groups excluding carboxylic acids is 2. The molecular weight excluding hydrogens is 509 g/mol. The highest BCUT2D eigenvalue weighted by Crippen LogP contribution is 2.43. The Kier molecular flexibility index (Phi) is 9.42. The molecule has 1 aromatic rings. The van der Waals surface area contributed by atoms with Gasteiger partial charge in [-0.25, -0.2) is 4.79 Å². The zero-order valence-corrected chi connectivity index (χ0v) is 21.9. The number of aliphatic carboxylic acids is 1. The van der Waals surface area contributed by atoms with Crippen molar-refractivity contribution < 1.29 is 46.9 Å². The van der Waals surface area contributed by atoms with Gasteiger partial charge < -0.3 is 24.2 Å². The molecule has 0 saturated carbocycles. The molecule has 2 aliphatic heterocycles. The van der Waals surface area contributed by atoms with Gasteiger partial charge in [-0.3, -0.25) is 14.5 Å². The number of fused-ring (bicyclic) bond motifs is 1. The Balaban J connectivity index is 1.93. The lowest BCUT2D eigenvalue weighted by Crippen LogP contribution is -2.39. The van der Waals surface area contributed by atoms with Crippen LogP contribution in [0.5, 0.6) is 5.75 Å². The number of alkyl halides is 3. The number of rotatable bonds is 10. The van der Waals surface area contributed by atoms with Crippen LogP contribution in [0.2, 0.25) is 0 Å². The first-order valence-corrected chi connectivity index (χ1v) is 12.3. The molecule has 1 atom stereocenters. The van der Waals surface area contributed by atoms with Crippen molar-refractivity contribution in [2.24, 2.45) is 5.92 Å². The van der Waals surface area contributed by atoms with Gasteiger partial charge in [0.1, 0.15) is 12.4 Å². The summed E-state index contributed by atoms with van der Waals surface area (Å²) >= 11 is 0. The summed E-state index contributed by atoms with van der Waals surface area (Å²) in [6.45, 7) is 6.59. The van der Waals surface area contributed by atoms with E-state index in [2.05, 4.69) is 4.90 Å². The van der Waals surface area contributed by atoms with Crippen LogP contribution in [0.3, 0.4) is 0 Å². The molecule has 38 heavy (non-hydrogen) atoms. The maximum Gasteiger partial charge on any atom is 0.471 e. The highest BCUT2D eigenvalue weighted by atomic mass is 19.4. The lowest BCUT2D eigenvalue weighted by atomic mass is 9.91. The summed E-state index contributed by atoms with van der Waals surface area (Å²) in [6, 6.07) is 0. The van der Waals surface area contributed by atoms with Crippen LogP contribution >= 0.6 is 0 Å². The number of amides is 1. The van der Waals surface area contributed by atoms with Crippen molar-refractivity contribution in [2.75, 3.05) is 51.9 Å². The van der Waals surface area contributed by atoms with Gasteiger partial charge >= 0.3 is 24.0 Å². The van der Waals surface area contributed by atoms with E-state index in [1.54, 1.807) is 19.9 Å². The average Bonchev–Trinajstić information content (AvgIpc) is 3.25. The molecule has 1 aromatic carbocycles. The minimum atomic E-state index is -5.17. The molecule has 12 heteroatoms. The topological polar surface area (TPSA) is 106 Å². The zero-order valence-electron chi connectivity index (χ0n) is 21.9. The van der Waals surface area contributed by atoms with Crippen molar-refractivity contribution in [3.8, 4) is 5.75 Å². The van der Waals surface area contributed by atoms with Crippen LogP contribution in [-0.2, 0) is 32.1 Å². The molecule has 2 aliphatic rings. The predicted molar refractivity (Wildman–Crippen MR) is 131 cm³/mol. The highest BCUT2D eigenvalue weighted by molar-refractivity contribution is 6.07. The van der Waals surface area contributed by atoms with Crippen molar-refractivity contribution in [3.63, 3.8) is 0 Å². The number of nitrogens with zero attached hydrogens (tertiary/aromatic N) is 2. The normalized spacial score (nSPS) is 17.1. The summed E-state index contributed by atoms with van der Waals surface area (Å²) in [5, 5.41) is 9.75. The molecule has 0 bridgehead atoms. The molecule has 2 heterocycles. The van der Waals surface area contributed by atoms with E-state index in [0.717, 1.165) is 20.1 Å². The van der Waals surface area contributed by atoms with Gasteiger partial charge in [-0.15, -0.1) is 0 Å². The van der Waals surface area contributed by atoms with E-state index < -0.39 is 29.9 Å². The van der Waals surface area contributed by atoms with E-state index in [1.165, 1.54) is 7.11 Å². The van der Waals surface area contributed by atoms with Crippen molar-refractivity contribution in [2.45, 2.75) is 45.9 Å². The molecule has 0 aromatic heterocycles. The van der Waals surface area contributed by atoms with E-state index in [0.29, 0.717) is 47.8 Å². The summed E-state index contributed by atoms with van der Waals surface area (Å²) in [4.78, 5) is 39.2. The predicted octanol–water partition coefficient (Wildman–Crippen LogP) is 3.50. The largest absolute Gasteiger partial charge is 0.496 e. The molecule has 1 fully saturated rings. The first kappa shape index (κ1) is 29.4. The molecule has 9 nitrogen and oxygen atoms in total. The number of allylic oxidation sites excluding steroid dienone is 2. The number of carbonyl (C=O) groups is 3. The van der Waals surface area contributed by atoms with E-state index >= 15 is 0 Å². The van der Waals surface area contributed by atoms with Gasteiger partial charge in [0.15, 0.2) is 0 Å². The molecule has 3 rings (SSSR count). The fourth-order valence-corrected chi connectivity index (χ4v) is 4.91. The number of hydrogen-bond acceptors (Lipinski definition) is 7. The minimum Gasteiger partial charge on any atom is -0.496 e. The van der Waals surface area contributed by atoms with E-state index in [4.69, 9.17) is 14.2 Å². The van der Waals surface area contributed by atoms with E-state index in [9.17, 15) is 32.7 Å². The fraction of sp³-hybridized carbons (Fsp3) is 0.577. The van der Waals surface area contributed by atoms with E-state index in [1.807, 2.05) is 0 Å². The van der Waals surface area contributed by atoms with Gasteiger partial charge in [-0.1, -0.05) is 11.6 Å². The molecule has 0 radical (unpaired) electrons. The number of morpholine rings is 1. The fourth-order valence-electron chi connectivity index (χ4n) is 4.91. The van der Waals surface area contributed by atoms with Crippen LogP contribution in [0, 0.1) is 12.8 Å².